The van der Waals surface area contributed by atoms with Crippen molar-refractivity contribution in [3.05, 3.63) is 29.8 Å². The van der Waals surface area contributed by atoms with Gasteiger partial charge in [-0.05, 0) is 50.8 Å². The van der Waals surface area contributed by atoms with Gasteiger partial charge in [0.15, 0.2) is 0 Å². The Balaban J connectivity index is 1.40. The SMILES string of the molecule is Cc1ccccc1N1CCN(CCCN2C(O)CCCC2O)CC1. The Labute approximate surface area is 145 Å². The van der Waals surface area contributed by atoms with Gasteiger partial charge in [-0.3, -0.25) is 9.80 Å². The van der Waals surface area contributed by atoms with E-state index in [0.29, 0.717) is 0 Å². The molecular formula is C19H31N3O2. The summed E-state index contributed by atoms with van der Waals surface area (Å²) < 4.78 is 0. The van der Waals surface area contributed by atoms with E-state index in [0.717, 1.165) is 65.0 Å². The number of piperazine rings is 1. The topological polar surface area (TPSA) is 50.2 Å². The summed E-state index contributed by atoms with van der Waals surface area (Å²) in [6, 6.07) is 8.60. The lowest BCUT2D eigenvalue weighted by Crippen LogP contribution is -2.49. The maximum Gasteiger partial charge on any atom is 0.109 e. The molecule has 1 aromatic rings. The van der Waals surface area contributed by atoms with Gasteiger partial charge in [0.25, 0.3) is 0 Å². The highest BCUT2D eigenvalue weighted by molar-refractivity contribution is 5.53. The van der Waals surface area contributed by atoms with Gasteiger partial charge in [-0.1, -0.05) is 18.2 Å². The number of nitrogens with zero attached hydrogens (tertiary/aromatic N) is 3. The Bertz CT molecular complexity index is 507. The molecule has 5 heteroatoms. The number of aliphatic hydroxyl groups is 2. The quantitative estimate of drug-likeness (QED) is 0.858. The molecule has 0 saturated carbocycles. The molecule has 0 spiro atoms. The van der Waals surface area contributed by atoms with Crippen LogP contribution in [-0.4, -0.2) is 71.7 Å². The summed E-state index contributed by atoms with van der Waals surface area (Å²) in [4.78, 5) is 6.83. The molecule has 2 aliphatic rings. The number of aliphatic hydroxyl groups excluding tert-OH is 2. The smallest absolute Gasteiger partial charge is 0.109 e. The van der Waals surface area contributed by atoms with Gasteiger partial charge in [0.2, 0.25) is 0 Å². The van der Waals surface area contributed by atoms with E-state index in [4.69, 9.17) is 0 Å². The van der Waals surface area contributed by atoms with Crippen LogP contribution in [0, 0.1) is 6.92 Å². The molecule has 2 unspecified atom stereocenters. The van der Waals surface area contributed by atoms with Crippen molar-refractivity contribution in [2.45, 2.75) is 45.1 Å². The summed E-state index contributed by atoms with van der Waals surface area (Å²) in [6.45, 7) is 8.30. The largest absolute Gasteiger partial charge is 0.378 e. The van der Waals surface area contributed by atoms with Gasteiger partial charge in [-0.15, -0.1) is 0 Å². The highest BCUT2D eigenvalue weighted by atomic mass is 16.3. The number of aryl methyl sites for hydroxylation is 1. The van der Waals surface area contributed by atoms with Gasteiger partial charge in [-0.25, -0.2) is 0 Å². The van der Waals surface area contributed by atoms with Crippen LogP contribution in [0.3, 0.4) is 0 Å². The molecular weight excluding hydrogens is 302 g/mol. The highest BCUT2D eigenvalue weighted by Gasteiger charge is 2.27. The molecule has 2 aliphatic heterocycles. The summed E-state index contributed by atoms with van der Waals surface area (Å²) in [5.41, 5.74) is 2.70. The Morgan fingerprint density at radius 1 is 0.958 bits per heavy atom. The number of likely N-dealkylation sites (tertiary alicyclic amines) is 1. The highest BCUT2D eigenvalue weighted by Crippen LogP contribution is 2.22. The number of piperidine rings is 1. The van der Waals surface area contributed by atoms with Crippen LogP contribution in [0.5, 0.6) is 0 Å². The minimum absolute atomic E-state index is 0.466. The fourth-order valence-corrected chi connectivity index (χ4v) is 3.92. The number of hydrogen-bond donors (Lipinski definition) is 2. The Hall–Kier alpha value is -1.14. The molecule has 2 heterocycles. The van der Waals surface area contributed by atoms with E-state index in [9.17, 15) is 10.2 Å². The van der Waals surface area contributed by atoms with Gasteiger partial charge in [0.05, 0.1) is 0 Å². The van der Waals surface area contributed by atoms with Crippen molar-refractivity contribution in [2.75, 3.05) is 44.2 Å². The first-order chi connectivity index (χ1) is 11.6. The van der Waals surface area contributed by atoms with Gasteiger partial charge >= 0.3 is 0 Å². The molecule has 2 N–H and O–H groups in total. The third-order valence-electron chi connectivity index (χ3n) is 5.41. The first kappa shape index (κ1) is 17.7. The van der Waals surface area contributed by atoms with E-state index in [1.165, 1.54) is 11.3 Å². The number of para-hydroxylation sites is 1. The minimum Gasteiger partial charge on any atom is -0.378 e. The summed E-state index contributed by atoms with van der Waals surface area (Å²) in [5.74, 6) is 0. The molecule has 0 amide bonds. The molecule has 0 aliphatic carbocycles. The van der Waals surface area contributed by atoms with E-state index in [2.05, 4.69) is 41.0 Å². The first-order valence-corrected chi connectivity index (χ1v) is 9.30. The Kier molecular flexibility index (Phi) is 6.11. The van der Waals surface area contributed by atoms with Crippen LogP contribution in [0.15, 0.2) is 24.3 Å². The summed E-state index contributed by atoms with van der Waals surface area (Å²) >= 11 is 0. The molecule has 2 atom stereocenters. The zero-order valence-electron chi connectivity index (χ0n) is 14.8. The van der Waals surface area contributed by atoms with E-state index in [-0.39, 0.29) is 0 Å². The molecule has 0 bridgehead atoms. The van der Waals surface area contributed by atoms with Gasteiger partial charge < -0.3 is 15.1 Å². The van der Waals surface area contributed by atoms with Crippen LogP contribution in [0.2, 0.25) is 0 Å². The van der Waals surface area contributed by atoms with Crippen molar-refractivity contribution in [3.63, 3.8) is 0 Å². The average Bonchev–Trinajstić information content (AvgIpc) is 2.59. The first-order valence-electron chi connectivity index (χ1n) is 9.30. The summed E-state index contributed by atoms with van der Waals surface area (Å²) in [6.07, 6.45) is 2.55. The van der Waals surface area contributed by atoms with Crippen molar-refractivity contribution < 1.29 is 10.2 Å². The summed E-state index contributed by atoms with van der Waals surface area (Å²) in [7, 11) is 0. The van der Waals surface area contributed by atoms with Crippen LogP contribution < -0.4 is 4.90 Å². The summed E-state index contributed by atoms with van der Waals surface area (Å²) in [5, 5.41) is 20.0. The molecule has 5 nitrogen and oxygen atoms in total. The van der Waals surface area contributed by atoms with Crippen molar-refractivity contribution in [1.29, 1.82) is 0 Å². The third-order valence-corrected chi connectivity index (χ3v) is 5.41. The van der Waals surface area contributed by atoms with E-state index >= 15 is 0 Å². The predicted octanol–water partition coefficient (Wildman–Crippen LogP) is 1.63. The van der Waals surface area contributed by atoms with E-state index in [1.54, 1.807) is 0 Å². The lowest BCUT2D eigenvalue weighted by molar-refractivity contribution is -0.131. The van der Waals surface area contributed by atoms with E-state index < -0.39 is 12.5 Å². The molecule has 1 aromatic carbocycles. The standard InChI is InChI=1S/C19H31N3O2/c1-16-6-2-3-7-17(16)21-14-12-20(13-15-21)10-5-11-22-18(23)8-4-9-19(22)24/h2-3,6-7,18-19,23-24H,4-5,8-15H2,1H3. The van der Waals surface area contributed by atoms with Gasteiger partial charge in [0.1, 0.15) is 12.5 Å². The van der Waals surface area contributed by atoms with Gasteiger partial charge in [0, 0.05) is 38.4 Å². The van der Waals surface area contributed by atoms with Crippen molar-refractivity contribution >= 4 is 5.69 Å². The number of benzene rings is 1. The lowest BCUT2D eigenvalue weighted by atomic mass is 10.1. The van der Waals surface area contributed by atoms with Crippen LogP contribution >= 0.6 is 0 Å². The minimum atomic E-state index is -0.466. The van der Waals surface area contributed by atoms with Crippen LogP contribution in [0.4, 0.5) is 5.69 Å². The van der Waals surface area contributed by atoms with Crippen molar-refractivity contribution in [2.24, 2.45) is 0 Å². The second-order valence-electron chi connectivity index (χ2n) is 7.10. The Morgan fingerprint density at radius 3 is 2.29 bits per heavy atom. The van der Waals surface area contributed by atoms with Crippen LogP contribution in [0.1, 0.15) is 31.2 Å². The average molecular weight is 333 g/mol. The van der Waals surface area contributed by atoms with Crippen LogP contribution in [-0.2, 0) is 0 Å². The zero-order valence-corrected chi connectivity index (χ0v) is 14.8. The van der Waals surface area contributed by atoms with E-state index in [1.807, 2.05) is 4.90 Å². The Morgan fingerprint density at radius 2 is 1.62 bits per heavy atom. The molecule has 0 aromatic heterocycles. The van der Waals surface area contributed by atoms with Crippen molar-refractivity contribution in [1.82, 2.24) is 9.80 Å². The fourth-order valence-electron chi connectivity index (χ4n) is 3.92. The maximum absolute atomic E-state index is 10.0. The molecule has 0 radical (unpaired) electrons. The molecule has 24 heavy (non-hydrogen) atoms. The molecule has 134 valence electrons. The molecule has 2 saturated heterocycles. The number of anilines is 1. The molecule has 3 rings (SSSR count). The zero-order chi connectivity index (χ0) is 16.9. The predicted molar refractivity (Wildman–Crippen MR) is 97.0 cm³/mol. The van der Waals surface area contributed by atoms with Crippen molar-refractivity contribution in [3.8, 4) is 0 Å². The lowest BCUT2D eigenvalue weighted by Gasteiger charge is -2.38. The number of rotatable bonds is 5. The molecule has 2 fully saturated rings. The third kappa shape index (κ3) is 4.28. The van der Waals surface area contributed by atoms with Crippen LogP contribution in [0.25, 0.3) is 0 Å². The maximum atomic E-state index is 10.0. The monoisotopic (exact) mass is 333 g/mol. The second-order valence-corrected chi connectivity index (χ2v) is 7.10. The normalized spacial score (nSPS) is 26.7. The number of hydrogen-bond acceptors (Lipinski definition) is 5. The fraction of sp³-hybridized carbons (Fsp3) is 0.684. The second kappa shape index (κ2) is 8.30. The van der Waals surface area contributed by atoms with Gasteiger partial charge in [-0.2, -0.15) is 0 Å².